The van der Waals surface area contributed by atoms with Gasteiger partial charge in [-0.15, -0.1) is 0 Å². The number of unbranched alkanes of at least 4 members (excludes halogenated alkanes) is 1. The first-order valence-corrected chi connectivity index (χ1v) is 9.59. The zero-order valence-corrected chi connectivity index (χ0v) is 15.5. The molecule has 0 N–H and O–H groups in total. The molecule has 0 unspecified atom stereocenters. The molecule has 0 aromatic heterocycles. The first-order valence-electron chi connectivity index (χ1n) is 7.36. The zero-order chi connectivity index (χ0) is 16.5. The van der Waals surface area contributed by atoms with Crippen LogP contribution in [0.1, 0.15) is 32.3 Å². The maximum absolute atomic E-state index is 12.7. The smallest absolute Gasteiger partial charge is 0.244 e. The largest absolute Gasteiger partial charge is 0.312 e. The Labute approximate surface area is 140 Å². The maximum atomic E-state index is 12.7. The standard InChI is InChI=1S/C15H21BrN2O3S/c1-4-5-7-17(3)22(20,21)15-10-14-12(9-13(15)16)6-8-18(14)11(2)19/h9-10H,4-8H2,1-3H3. The fourth-order valence-electron chi connectivity index (χ4n) is 2.58. The van der Waals surface area contributed by atoms with Crippen molar-refractivity contribution in [2.75, 3.05) is 25.0 Å². The summed E-state index contributed by atoms with van der Waals surface area (Å²) in [6, 6.07) is 3.43. The van der Waals surface area contributed by atoms with Crippen LogP contribution in [0.15, 0.2) is 21.5 Å². The van der Waals surface area contributed by atoms with Gasteiger partial charge in [-0.05, 0) is 46.5 Å². The molecular weight excluding hydrogens is 368 g/mol. The van der Waals surface area contributed by atoms with Crippen LogP contribution >= 0.6 is 15.9 Å². The molecule has 2 rings (SSSR count). The fourth-order valence-corrected chi connectivity index (χ4v) is 4.86. The van der Waals surface area contributed by atoms with Gasteiger partial charge in [0.2, 0.25) is 15.9 Å². The Kier molecular flexibility index (Phi) is 5.29. The number of nitrogens with zero attached hydrogens (tertiary/aromatic N) is 2. The van der Waals surface area contributed by atoms with E-state index in [1.165, 1.54) is 11.2 Å². The highest BCUT2D eigenvalue weighted by Gasteiger charge is 2.29. The Morgan fingerprint density at radius 3 is 2.68 bits per heavy atom. The van der Waals surface area contributed by atoms with Crippen LogP contribution in [-0.2, 0) is 21.2 Å². The highest BCUT2D eigenvalue weighted by Crippen LogP contribution is 2.36. The van der Waals surface area contributed by atoms with Crippen molar-refractivity contribution in [1.29, 1.82) is 0 Å². The summed E-state index contributed by atoms with van der Waals surface area (Å²) in [5, 5.41) is 0. The van der Waals surface area contributed by atoms with Gasteiger partial charge in [0.05, 0.1) is 4.90 Å². The molecule has 0 fully saturated rings. The van der Waals surface area contributed by atoms with Crippen molar-refractivity contribution >= 4 is 37.5 Å². The molecule has 5 nitrogen and oxygen atoms in total. The van der Waals surface area contributed by atoms with E-state index >= 15 is 0 Å². The molecule has 1 aliphatic heterocycles. The number of anilines is 1. The van der Waals surface area contributed by atoms with E-state index in [-0.39, 0.29) is 10.8 Å². The topological polar surface area (TPSA) is 57.7 Å². The van der Waals surface area contributed by atoms with Crippen LogP contribution in [0.25, 0.3) is 0 Å². The molecule has 0 saturated carbocycles. The van der Waals surface area contributed by atoms with Crippen molar-refractivity contribution in [2.45, 2.75) is 38.0 Å². The van der Waals surface area contributed by atoms with Crippen LogP contribution in [0.5, 0.6) is 0 Å². The fraction of sp³-hybridized carbons (Fsp3) is 0.533. The first-order chi connectivity index (χ1) is 10.3. The van der Waals surface area contributed by atoms with E-state index in [1.54, 1.807) is 18.0 Å². The summed E-state index contributed by atoms with van der Waals surface area (Å²) < 4.78 is 27.4. The lowest BCUT2D eigenvalue weighted by molar-refractivity contribution is -0.116. The van der Waals surface area contributed by atoms with Crippen molar-refractivity contribution in [3.63, 3.8) is 0 Å². The van der Waals surface area contributed by atoms with Crippen molar-refractivity contribution < 1.29 is 13.2 Å². The third kappa shape index (κ3) is 3.21. The number of halogens is 1. The number of fused-ring (bicyclic) bond motifs is 1. The molecule has 0 radical (unpaired) electrons. The third-order valence-electron chi connectivity index (χ3n) is 3.92. The summed E-state index contributed by atoms with van der Waals surface area (Å²) in [6.45, 7) is 4.61. The number of rotatable bonds is 5. The van der Waals surface area contributed by atoms with Gasteiger partial charge >= 0.3 is 0 Å². The lowest BCUT2D eigenvalue weighted by Gasteiger charge is -2.20. The summed E-state index contributed by atoms with van der Waals surface area (Å²) in [5.41, 5.74) is 1.70. The molecule has 1 heterocycles. The molecule has 0 bridgehead atoms. The van der Waals surface area contributed by atoms with Crippen molar-refractivity contribution in [1.82, 2.24) is 4.31 Å². The summed E-state index contributed by atoms with van der Waals surface area (Å²) in [7, 11) is -1.97. The Bertz CT molecular complexity index is 688. The normalized spacial score (nSPS) is 14.5. The van der Waals surface area contributed by atoms with Gasteiger partial charge < -0.3 is 4.90 Å². The van der Waals surface area contributed by atoms with Gasteiger partial charge in [-0.1, -0.05) is 13.3 Å². The van der Waals surface area contributed by atoms with E-state index in [1.807, 2.05) is 13.0 Å². The molecule has 1 aromatic rings. The predicted molar refractivity (Wildman–Crippen MR) is 90.6 cm³/mol. The lowest BCUT2D eigenvalue weighted by atomic mass is 10.2. The molecule has 0 aliphatic carbocycles. The second kappa shape index (κ2) is 6.68. The third-order valence-corrected chi connectivity index (χ3v) is 6.74. The minimum atomic E-state index is -3.56. The molecule has 1 aliphatic rings. The Balaban J connectivity index is 2.44. The molecule has 22 heavy (non-hydrogen) atoms. The maximum Gasteiger partial charge on any atom is 0.244 e. The second-order valence-electron chi connectivity index (χ2n) is 5.51. The van der Waals surface area contributed by atoms with Gasteiger partial charge in [0.25, 0.3) is 0 Å². The van der Waals surface area contributed by atoms with Gasteiger partial charge in [0.1, 0.15) is 0 Å². The molecule has 1 amide bonds. The van der Waals surface area contributed by atoms with Crippen LogP contribution in [0.2, 0.25) is 0 Å². The summed E-state index contributed by atoms with van der Waals surface area (Å²) >= 11 is 3.37. The molecule has 122 valence electrons. The number of carbonyl (C=O) groups is 1. The number of benzene rings is 1. The van der Waals surface area contributed by atoms with E-state index < -0.39 is 10.0 Å². The number of carbonyl (C=O) groups excluding carboxylic acids is 1. The average molecular weight is 389 g/mol. The van der Waals surface area contributed by atoms with E-state index in [2.05, 4.69) is 15.9 Å². The van der Waals surface area contributed by atoms with E-state index in [0.29, 0.717) is 23.2 Å². The number of hydrogen-bond donors (Lipinski definition) is 0. The quantitative estimate of drug-likeness (QED) is 0.778. The minimum Gasteiger partial charge on any atom is -0.312 e. The monoisotopic (exact) mass is 388 g/mol. The summed E-state index contributed by atoms with van der Waals surface area (Å²) in [5.74, 6) is -0.0660. The SMILES string of the molecule is CCCCN(C)S(=O)(=O)c1cc2c(cc1Br)CCN2C(C)=O. The molecule has 0 spiro atoms. The highest BCUT2D eigenvalue weighted by molar-refractivity contribution is 9.10. The van der Waals surface area contributed by atoms with Crippen LogP contribution in [0.3, 0.4) is 0 Å². The van der Waals surface area contributed by atoms with Crippen LogP contribution in [0.4, 0.5) is 5.69 Å². The Morgan fingerprint density at radius 1 is 1.41 bits per heavy atom. The molecule has 0 saturated heterocycles. The van der Waals surface area contributed by atoms with Crippen molar-refractivity contribution in [2.24, 2.45) is 0 Å². The Hall–Kier alpha value is -0.920. The van der Waals surface area contributed by atoms with Crippen molar-refractivity contribution in [3.8, 4) is 0 Å². The molecule has 7 heteroatoms. The highest BCUT2D eigenvalue weighted by atomic mass is 79.9. The zero-order valence-electron chi connectivity index (χ0n) is 13.1. The average Bonchev–Trinajstić information content (AvgIpc) is 2.86. The van der Waals surface area contributed by atoms with Crippen LogP contribution in [0, 0.1) is 0 Å². The van der Waals surface area contributed by atoms with E-state index in [4.69, 9.17) is 0 Å². The lowest BCUT2D eigenvalue weighted by Crippen LogP contribution is -2.29. The number of amides is 1. The summed E-state index contributed by atoms with van der Waals surface area (Å²) in [4.78, 5) is 13.5. The van der Waals surface area contributed by atoms with E-state index in [0.717, 1.165) is 24.8 Å². The van der Waals surface area contributed by atoms with Gasteiger partial charge in [-0.2, -0.15) is 0 Å². The van der Waals surface area contributed by atoms with Crippen molar-refractivity contribution in [3.05, 3.63) is 22.2 Å². The van der Waals surface area contributed by atoms with Gasteiger partial charge in [-0.3, -0.25) is 4.79 Å². The second-order valence-corrected chi connectivity index (χ2v) is 8.38. The van der Waals surface area contributed by atoms with Gasteiger partial charge in [-0.25, -0.2) is 12.7 Å². The number of sulfonamides is 1. The summed E-state index contributed by atoms with van der Waals surface area (Å²) in [6.07, 6.45) is 2.50. The number of hydrogen-bond acceptors (Lipinski definition) is 3. The predicted octanol–water partition coefficient (Wildman–Crippen LogP) is 2.78. The molecular formula is C15H21BrN2O3S. The first kappa shape index (κ1) is 17.4. The Morgan fingerprint density at radius 2 is 2.09 bits per heavy atom. The molecule has 0 atom stereocenters. The van der Waals surface area contributed by atoms with E-state index in [9.17, 15) is 13.2 Å². The minimum absolute atomic E-state index is 0.0660. The van der Waals surface area contributed by atoms with Gasteiger partial charge in [0, 0.05) is 37.2 Å². The van der Waals surface area contributed by atoms with Crippen LogP contribution in [-0.4, -0.2) is 38.8 Å². The molecule has 1 aromatic carbocycles. The van der Waals surface area contributed by atoms with Crippen LogP contribution < -0.4 is 4.90 Å². The van der Waals surface area contributed by atoms with Gasteiger partial charge in [0.15, 0.2) is 0 Å².